The van der Waals surface area contributed by atoms with Gasteiger partial charge in [-0.2, -0.15) is 0 Å². The van der Waals surface area contributed by atoms with E-state index in [0.29, 0.717) is 11.3 Å². The van der Waals surface area contributed by atoms with Gasteiger partial charge in [0.25, 0.3) is 18.2 Å². The number of amides is 3. The number of rotatable bonds is 6. The Labute approximate surface area is 182 Å². The van der Waals surface area contributed by atoms with E-state index in [-0.39, 0.29) is 5.56 Å². The maximum Gasteiger partial charge on any atom is 0.268 e. The summed E-state index contributed by atoms with van der Waals surface area (Å²) in [7, 11) is 0. The van der Waals surface area contributed by atoms with Gasteiger partial charge in [-0.3, -0.25) is 19.6 Å². The van der Waals surface area contributed by atoms with Crippen molar-refractivity contribution in [1.29, 1.82) is 0 Å². The zero-order valence-corrected chi connectivity index (χ0v) is 17.0. The minimum absolute atomic E-state index is 0.0355. The Morgan fingerprint density at radius 3 is 2.34 bits per heavy atom. The van der Waals surface area contributed by atoms with Crippen molar-refractivity contribution in [2.24, 2.45) is 0 Å². The highest BCUT2D eigenvalue weighted by atomic mass is 19.3. The van der Waals surface area contributed by atoms with E-state index in [9.17, 15) is 23.2 Å². The number of nitrogens with zero attached hydrogens (tertiary/aromatic N) is 1. The highest BCUT2D eigenvalue weighted by Gasteiger charge is 2.48. The first kappa shape index (κ1) is 24.1. The van der Waals surface area contributed by atoms with Gasteiger partial charge >= 0.3 is 0 Å². The Morgan fingerprint density at radius 1 is 1.16 bits per heavy atom. The molecule has 32 heavy (non-hydrogen) atoms. The molecule has 166 valence electrons. The lowest BCUT2D eigenvalue weighted by molar-refractivity contribution is -0.137. The van der Waals surface area contributed by atoms with Crippen LogP contribution in [0.4, 0.5) is 8.78 Å². The molecular formula is C21H19F2N5O4. The molecule has 0 aliphatic carbocycles. The van der Waals surface area contributed by atoms with Crippen LogP contribution in [-0.4, -0.2) is 50.9 Å². The van der Waals surface area contributed by atoms with Crippen molar-refractivity contribution in [2.45, 2.75) is 31.9 Å². The average Bonchev–Trinajstić information content (AvgIpc) is 3.27. The monoisotopic (exact) mass is 443 g/mol. The summed E-state index contributed by atoms with van der Waals surface area (Å²) in [6.07, 6.45) is -0.151. The van der Waals surface area contributed by atoms with Crippen LogP contribution in [0.25, 0.3) is 0 Å². The maximum absolute atomic E-state index is 13.7. The standard InChI is InChI=1S/C21H19F2N5O4/c1-13(29)27-21(2,20(22)23)17(19(31)28-32)26-18(30)15-9-7-14(8-10-15)5-3-4-6-16-11-24-12-25-16/h7-12,17,20,32H,1-2H3,(H,24,25)(H,26,30)(H,27,29)(H,28,31). The first-order valence-electron chi connectivity index (χ1n) is 9.10. The second-order valence-corrected chi connectivity index (χ2v) is 6.68. The lowest BCUT2D eigenvalue weighted by Crippen LogP contribution is -2.68. The molecule has 0 bridgehead atoms. The van der Waals surface area contributed by atoms with E-state index in [1.54, 1.807) is 6.20 Å². The van der Waals surface area contributed by atoms with Gasteiger partial charge in [0, 0.05) is 24.2 Å². The third-order valence-electron chi connectivity index (χ3n) is 4.25. The number of halogens is 2. The number of alkyl halides is 2. The van der Waals surface area contributed by atoms with Crippen LogP contribution in [0.3, 0.4) is 0 Å². The molecule has 1 heterocycles. The summed E-state index contributed by atoms with van der Waals surface area (Å²) in [5.41, 5.74) is -0.160. The number of hydroxylamine groups is 1. The van der Waals surface area contributed by atoms with Crippen molar-refractivity contribution >= 4 is 17.7 Å². The first-order valence-corrected chi connectivity index (χ1v) is 9.10. The van der Waals surface area contributed by atoms with Crippen LogP contribution in [0.2, 0.25) is 0 Å². The Bertz CT molecular complexity index is 1100. The molecule has 0 saturated carbocycles. The van der Waals surface area contributed by atoms with Crippen LogP contribution >= 0.6 is 0 Å². The summed E-state index contributed by atoms with van der Waals surface area (Å²) in [6, 6.07) is 3.76. The smallest absolute Gasteiger partial charge is 0.268 e. The molecule has 1 aromatic carbocycles. The predicted octanol–water partition coefficient (Wildman–Crippen LogP) is 0.577. The van der Waals surface area contributed by atoms with Crippen LogP contribution in [0.1, 0.15) is 35.5 Å². The van der Waals surface area contributed by atoms with Gasteiger partial charge in [0.15, 0.2) is 0 Å². The molecule has 2 atom stereocenters. The second-order valence-electron chi connectivity index (χ2n) is 6.68. The molecule has 3 amide bonds. The molecule has 5 N–H and O–H groups in total. The SMILES string of the molecule is CC(=O)NC(C)(C(F)F)C(NC(=O)c1ccc(C#CC#Cc2c[nH]cn2)cc1)C(=O)NO. The summed E-state index contributed by atoms with van der Waals surface area (Å²) < 4.78 is 27.3. The summed E-state index contributed by atoms with van der Waals surface area (Å²) >= 11 is 0. The molecule has 0 saturated heterocycles. The third kappa shape index (κ3) is 6.14. The molecule has 0 aliphatic rings. The number of carbonyl (C=O) groups is 3. The summed E-state index contributed by atoms with van der Waals surface area (Å²) in [5, 5.41) is 13.0. The van der Waals surface area contributed by atoms with Gasteiger partial charge in [-0.1, -0.05) is 5.92 Å². The molecule has 2 rings (SSSR count). The van der Waals surface area contributed by atoms with Crippen molar-refractivity contribution in [1.82, 2.24) is 26.1 Å². The van der Waals surface area contributed by atoms with Gasteiger partial charge in [0.1, 0.15) is 17.3 Å². The Balaban J connectivity index is 2.18. The average molecular weight is 443 g/mol. The number of H-pyrrole nitrogens is 1. The molecule has 9 nitrogen and oxygen atoms in total. The normalized spacial score (nSPS) is 12.8. The zero-order chi connectivity index (χ0) is 23.7. The molecule has 0 radical (unpaired) electrons. The van der Waals surface area contributed by atoms with Crippen molar-refractivity contribution in [2.75, 3.05) is 0 Å². The summed E-state index contributed by atoms with van der Waals surface area (Å²) in [6.45, 7) is 1.86. The van der Waals surface area contributed by atoms with E-state index < -0.39 is 35.7 Å². The van der Waals surface area contributed by atoms with E-state index >= 15 is 0 Å². The number of nitrogens with one attached hydrogen (secondary N) is 4. The zero-order valence-electron chi connectivity index (χ0n) is 17.0. The molecule has 0 fully saturated rings. The quantitative estimate of drug-likeness (QED) is 0.253. The number of hydrogen-bond acceptors (Lipinski definition) is 5. The second kappa shape index (κ2) is 10.7. The van der Waals surface area contributed by atoms with Crippen molar-refractivity contribution in [3.8, 4) is 23.7 Å². The molecule has 2 unspecified atom stereocenters. The van der Waals surface area contributed by atoms with Gasteiger partial charge in [-0.15, -0.1) is 0 Å². The van der Waals surface area contributed by atoms with E-state index in [4.69, 9.17) is 5.21 Å². The van der Waals surface area contributed by atoms with Crippen molar-refractivity contribution in [3.05, 3.63) is 53.6 Å². The number of aromatic nitrogens is 2. The number of imidazole rings is 1. The van der Waals surface area contributed by atoms with Crippen LogP contribution in [0, 0.1) is 23.7 Å². The number of aromatic amines is 1. The number of benzene rings is 1. The topological polar surface area (TPSA) is 136 Å². The van der Waals surface area contributed by atoms with E-state index in [2.05, 4.69) is 39.0 Å². The molecule has 0 aliphatic heterocycles. The van der Waals surface area contributed by atoms with Crippen molar-refractivity contribution in [3.63, 3.8) is 0 Å². The van der Waals surface area contributed by atoms with Crippen molar-refractivity contribution < 1.29 is 28.4 Å². The largest absolute Gasteiger partial charge is 0.350 e. The van der Waals surface area contributed by atoms with Gasteiger partial charge in [-0.25, -0.2) is 19.2 Å². The maximum atomic E-state index is 13.7. The summed E-state index contributed by atoms with van der Waals surface area (Å²) in [4.78, 5) is 42.6. The van der Waals surface area contributed by atoms with E-state index in [0.717, 1.165) is 13.8 Å². The fourth-order valence-corrected chi connectivity index (χ4v) is 2.63. The number of hydrogen-bond donors (Lipinski definition) is 5. The van der Waals surface area contributed by atoms with Crippen LogP contribution in [0.5, 0.6) is 0 Å². The number of carbonyl (C=O) groups excluding carboxylic acids is 3. The molecule has 1 aromatic heterocycles. The molecular weight excluding hydrogens is 424 g/mol. The lowest BCUT2D eigenvalue weighted by atomic mass is 9.91. The fraction of sp³-hybridized carbons (Fsp3) is 0.238. The molecule has 2 aromatic rings. The van der Waals surface area contributed by atoms with E-state index in [1.807, 2.05) is 5.32 Å². The lowest BCUT2D eigenvalue weighted by Gasteiger charge is -2.36. The Morgan fingerprint density at radius 2 is 1.81 bits per heavy atom. The van der Waals surface area contributed by atoms with Crippen LogP contribution in [0.15, 0.2) is 36.8 Å². The molecule has 0 spiro atoms. The van der Waals surface area contributed by atoms with Crippen LogP contribution < -0.4 is 16.1 Å². The predicted molar refractivity (Wildman–Crippen MR) is 108 cm³/mol. The minimum atomic E-state index is -3.24. The highest BCUT2D eigenvalue weighted by Crippen LogP contribution is 2.21. The minimum Gasteiger partial charge on any atom is -0.350 e. The van der Waals surface area contributed by atoms with Gasteiger partial charge in [-0.05, 0) is 49.0 Å². The fourth-order valence-electron chi connectivity index (χ4n) is 2.63. The Hall–Kier alpha value is -4.22. The Kier molecular flexibility index (Phi) is 8.04. The van der Waals surface area contributed by atoms with Gasteiger partial charge in [0.05, 0.1) is 6.33 Å². The van der Waals surface area contributed by atoms with Gasteiger partial charge < -0.3 is 15.6 Å². The third-order valence-corrected chi connectivity index (χ3v) is 4.25. The van der Waals surface area contributed by atoms with Crippen LogP contribution in [-0.2, 0) is 9.59 Å². The first-order chi connectivity index (χ1) is 15.2. The molecule has 11 heteroatoms. The highest BCUT2D eigenvalue weighted by molar-refractivity contribution is 5.98. The van der Waals surface area contributed by atoms with E-state index in [1.165, 1.54) is 36.1 Å². The van der Waals surface area contributed by atoms with Gasteiger partial charge in [0.2, 0.25) is 5.91 Å². The summed E-state index contributed by atoms with van der Waals surface area (Å²) in [5.74, 6) is 7.67.